The standard InChI is InChI=1S/INO3.Na.H/c1-3-2-4-5-2;;. The Morgan fingerprint density at radius 3 is 2.00 bits per heavy atom. The monoisotopic (exact) mass is 213 g/mol. The predicted octanol–water partition coefficient (Wildman–Crippen LogP) is -0.196. The van der Waals surface area contributed by atoms with Crippen molar-refractivity contribution in [3.63, 3.8) is 0 Å². The van der Waals surface area contributed by atoms with Crippen molar-refractivity contribution in [3.05, 3.63) is 0 Å². The van der Waals surface area contributed by atoms with Crippen LogP contribution in [-0.2, 0) is 0 Å². The Kier molecular flexibility index (Phi) is 3.47. The fraction of sp³-hybridized carbons (Fsp3) is 0. The van der Waals surface area contributed by atoms with E-state index < -0.39 is 0 Å². The van der Waals surface area contributed by atoms with Gasteiger partial charge in [-0.05, 0) is 0 Å². The third-order valence-electron chi connectivity index (χ3n) is 0.192. The van der Waals surface area contributed by atoms with Crippen LogP contribution in [0.5, 0.6) is 0 Å². The minimum absolute atomic E-state index is 0. The fourth-order valence-electron chi connectivity index (χ4n) is 0.0366. The summed E-state index contributed by atoms with van der Waals surface area (Å²) in [4.78, 5) is 0. The average Bonchev–Trinajstić information content (AvgIpc) is 2.12. The first kappa shape index (κ1) is 6.93. The van der Waals surface area contributed by atoms with Crippen molar-refractivity contribution in [1.82, 2.24) is 5.08 Å². The van der Waals surface area contributed by atoms with Gasteiger partial charge in [0.05, 0.1) is 0 Å². The SMILES string of the molecule is IOn1oo1.[NaH]. The van der Waals surface area contributed by atoms with Crippen molar-refractivity contribution in [3.8, 4) is 0 Å². The van der Waals surface area contributed by atoms with E-state index in [0.717, 1.165) is 5.08 Å². The predicted molar refractivity (Wildman–Crippen MR) is 26.7 cm³/mol. The van der Waals surface area contributed by atoms with Crippen molar-refractivity contribution >= 4 is 52.6 Å². The molecule has 0 saturated carbocycles. The van der Waals surface area contributed by atoms with Gasteiger partial charge in [0, 0.05) is 0 Å². The zero-order valence-corrected chi connectivity index (χ0v) is 4.21. The fourth-order valence-corrected chi connectivity index (χ4v) is 0.168. The molecule has 32 valence electrons. The average molecular weight is 213 g/mol. The van der Waals surface area contributed by atoms with Gasteiger partial charge in [0.25, 0.3) is 0 Å². The molecule has 0 fully saturated rings. The van der Waals surface area contributed by atoms with Gasteiger partial charge in [-0.25, -0.2) is 0 Å². The second-order valence-electron chi connectivity index (χ2n) is 0.442. The van der Waals surface area contributed by atoms with Crippen molar-refractivity contribution in [2.45, 2.75) is 0 Å². The number of nitrogens with zero attached hydrogens (tertiary/aromatic N) is 1. The van der Waals surface area contributed by atoms with Crippen LogP contribution < -0.4 is 3.17 Å². The molecule has 0 aliphatic carbocycles. The summed E-state index contributed by atoms with van der Waals surface area (Å²) in [6.07, 6.45) is 0. The molecule has 0 aliphatic rings. The molecular formula is HINNaO3. The third-order valence-corrected chi connectivity index (χ3v) is 0.513. The first-order valence-corrected chi connectivity index (χ1v) is 1.75. The Morgan fingerprint density at radius 2 is 2.00 bits per heavy atom. The van der Waals surface area contributed by atoms with Crippen LogP contribution in [0.2, 0.25) is 0 Å². The first-order chi connectivity index (χ1) is 2.43. The van der Waals surface area contributed by atoms with Gasteiger partial charge in [-0.3, -0.25) is 3.17 Å². The van der Waals surface area contributed by atoms with Gasteiger partial charge in [0.1, 0.15) is 0 Å². The maximum absolute atomic E-state index is 4.22. The Balaban J connectivity index is 0.000000250. The van der Waals surface area contributed by atoms with E-state index >= 15 is 0 Å². The molecule has 0 atom stereocenters. The van der Waals surface area contributed by atoms with Crippen molar-refractivity contribution in [2.24, 2.45) is 0 Å². The van der Waals surface area contributed by atoms with Crippen LogP contribution in [0.4, 0.5) is 0 Å². The molecule has 1 rings (SSSR count). The van der Waals surface area contributed by atoms with E-state index in [-0.39, 0.29) is 29.6 Å². The maximum atomic E-state index is 4.22. The van der Waals surface area contributed by atoms with Gasteiger partial charge >= 0.3 is 29.6 Å². The molecule has 4 nitrogen and oxygen atoms in total. The molecule has 0 amide bonds. The molecule has 1 aromatic heterocycles. The van der Waals surface area contributed by atoms with Crippen LogP contribution in [-0.4, -0.2) is 34.6 Å². The molecule has 0 unspecified atom stereocenters. The van der Waals surface area contributed by atoms with Gasteiger partial charge in [-0.2, -0.15) is 0 Å². The van der Waals surface area contributed by atoms with Crippen LogP contribution in [0.15, 0.2) is 9.36 Å². The van der Waals surface area contributed by atoms with Gasteiger partial charge in [0.2, 0.25) is 28.1 Å². The van der Waals surface area contributed by atoms with E-state index in [1.165, 1.54) is 0 Å². The molecule has 0 aromatic carbocycles. The summed E-state index contributed by atoms with van der Waals surface area (Å²) in [5.41, 5.74) is 0. The Labute approximate surface area is 69.6 Å². The molecule has 1 heterocycles. The molecule has 0 aliphatic heterocycles. The second kappa shape index (κ2) is 3.00. The number of rotatable bonds is 1. The topological polar surface area (TPSA) is 40.4 Å². The summed E-state index contributed by atoms with van der Waals surface area (Å²) < 4.78 is 12.1. The van der Waals surface area contributed by atoms with E-state index in [0.29, 0.717) is 0 Å². The van der Waals surface area contributed by atoms with Gasteiger partial charge in [-0.1, -0.05) is 9.36 Å². The van der Waals surface area contributed by atoms with Crippen molar-refractivity contribution in [2.75, 3.05) is 0 Å². The van der Waals surface area contributed by atoms with Crippen molar-refractivity contribution < 1.29 is 12.5 Å². The zero-order chi connectivity index (χ0) is 3.70. The number of hydrogen-bond donors (Lipinski definition) is 0. The number of hydrogen-bond acceptors (Lipinski definition) is 3. The molecule has 0 bridgehead atoms. The van der Waals surface area contributed by atoms with Crippen LogP contribution >= 0.6 is 23.0 Å². The molecule has 1 aromatic rings. The first-order valence-electron chi connectivity index (χ1n) is 0.869. The summed E-state index contributed by atoms with van der Waals surface area (Å²) in [7, 11) is 0. The molecule has 0 spiro atoms. The summed E-state index contributed by atoms with van der Waals surface area (Å²) in [5, 5.41) is 0.862. The Bertz CT molecular complexity index is 79.2. The third kappa shape index (κ3) is 2.17. The molecule has 0 N–H and O–H groups in total. The Morgan fingerprint density at radius 1 is 1.50 bits per heavy atom. The van der Waals surface area contributed by atoms with Crippen LogP contribution in [0.25, 0.3) is 0 Å². The van der Waals surface area contributed by atoms with Gasteiger partial charge in [0.15, 0.2) is 0 Å². The van der Waals surface area contributed by atoms with Crippen molar-refractivity contribution in [1.29, 1.82) is 0 Å². The van der Waals surface area contributed by atoms with E-state index in [2.05, 4.69) is 12.5 Å². The normalized spacial score (nSPS) is 7.50. The van der Waals surface area contributed by atoms with Crippen LogP contribution in [0.3, 0.4) is 0 Å². The van der Waals surface area contributed by atoms with Gasteiger partial charge < -0.3 is 0 Å². The summed E-state index contributed by atoms with van der Waals surface area (Å²) in [6.45, 7) is 0. The second-order valence-corrected chi connectivity index (χ2v) is 0.836. The number of aromatic nitrogens is 1. The van der Waals surface area contributed by atoms with E-state index in [1.807, 2.05) is 0 Å². The van der Waals surface area contributed by atoms with Crippen LogP contribution in [0, 0.1) is 0 Å². The molecule has 6 heavy (non-hydrogen) atoms. The molecule has 0 radical (unpaired) electrons. The van der Waals surface area contributed by atoms with E-state index in [1.54, 1.807) is 23.0 Å². The molecule has 0 saturated heterocycles. The summed E-state index contributed by atoms with van der Waals surface area (Å²) in [6, 6.07) is 0. The molecule has 6 heteroatoms. The van der Waals surface area contributed by atoms with E-state index in [4.69, 9.17) is 0 Å². The zero-order valence-electron chi connectivity index (χ0n) is 2.05. The summed E-state index contributed by atoms with van der Waals surface area (Å²) >= 11 is 1.62. The summed E-state index contributed by atoms with van der Waals surface area (Å²) in [5.74, 6) is 0. The Hall–Kier alpha value is 0.930. The quantitative estimate of drug-likeness (QED) is 0.368. The molecular weight excluding hydrogens is 212 g/mol. The minimum atomic E-state index is 0. The van der Waals surface area contributed by atoms with E-state index in [9.17, 15) is 0 Å². The van der Waals surface area contributed by atoms with Crippen LogP contribution in [0.1, 0.15) is 0 Å². The van der Waals surface area contributed by atoms with Gasteiger partial charge in [-0.15, -0.1) is 0 Å². The number of halogens is 1.